The summed E-state index contributed by atoms with van der Waals surface area (Å²) >= 11 is 0. The van der Waals surface area contributed by atoms with E-state index in [1.165, 1.54) is 7.11 Å². The first kappa shape index (κ1) is 35.7. The molecule has 0 aliphatic carbocycles. The van der Waals surface area contributed by atoms with Gasteiger partial charge in [0.15, 0.2) is 0 Å². The molecule has 0 unspecified atom stereocenters. The van der Waals surface area contributed by atoms with Gasteiger partial charge in [0.2, 0.25) is 23.7 Å². The van der Waals surface area contributed by atoms with Crippen LogP contribution >= 0.6 is 0 Å². The van der Waals surface area contributed by atoms with E-state index in [0.29, 0.717) is 48.7 Å². The van der Waals surface area contributed by atoms with E-state index in [9.17, 15) is 14.4 Å². The SMILES string of the molecule is COC(=O)N[C@H](C(=O)N1CCC[C@H]1c1nc(F)c(-c2ccc(-c3ccc(-c4[nH]c([C@@H]5CCCN5C(=O)CC(C)C)nc4F)cc3)cc2)[nH]1)C(C)C. The second-order valence-electron chi connectivity index (χ2n) is 14.1. The molecule has 2 aromatic carbocycles. The maximum absolute atomic E-state index is 15.3. The number of carbonyl (C=O) groups is 3. The fraction of sp³-hybridized carbons (Fsp3) is 0.447. The van der Waals surface area contributed by atoms with Crippen LogP contribution in [0.1, 0.15) is 83.5 Å². The molecule has 0 radical (unpaired) electrons. The van der Waals surface area contributed by atoms with Gasteiger partial charge in [-0.3, -0.25) is 9.59 Å². The first-order valence-corrected chi connectivity index (χ1v) is 17.6. The minimum absolute atomic E-state index is 0.0653. The van der Waals surface area contributed by atoms with Crippen molar-refractivity contribution in [2.75, 3.05) is 20.2 Å². The van der Waals surface area contributed by atoms with Crippen molar-refractivity contribution in [3.8, 4) is 33.6 Å². The fourth-order valence-corrected chi connectivity index (χ4v) is 7.10. The van der Waals surface area contributed by atoms with Gasteiger partial charge in [-0.25, -0.2) is 14.8 Å². The number of imidazole rings is 2. The molecule has 3 amide bonds. The summed E-state index contributed by atoms with van der Waals surface area (Å²) in [4.78, 5) is 56.2. The predicted molar refractivity (Wildman–Crippen MR) is 188 cm³/mol. The number of hydrogen-bond acceptors (Lipinski definition) is 6. The van der Waals surface area contributed by atoms with Crippen molar-refractivity contribution in [3.05, 3.63) is 72.1 Å². The Hall–Kier alpha value is -5.07. The Morgan fingerprint density at radius 1 is 0.784 bits per heavy atom. The lowest BCUT2D eigenvalue weighted by Crippen LogP contribution is -2.51. The second kappa shape index (κ2) is 15.0. The number of hydrogen-bond donors (Lipinski definition) is 3. The van der Waals surface area contributed by atoms with Crippen molar-refractivity contribution in [1.29, 1.82) is 0 Å². The number of H-pyrrole nitrogens is 2. The highest BCUT2D eigenvalue weighted by Crippen LogP contribution is 2.36. The molecule has 4 heterocycles. The number of aromatic amines is 2. The van der Waals surface area contributed by atoms with Crippen LogP contribution in [0.4, 0.5) is 13.6 Å². The smallest absolute Gasteiger partial charge is 0.407 e. The number of rotatable bonds is 10. The van der Waals surface area contributed by atoms with E-state index in [2.05, 4.69) is 25.3 Å². The number of carbonyl (C=O) groups excluding carboxylic acids is 3. The van der Waals surface area contributed by atoms with Gasteiger partial charge in [-0.1, -0.05) is 76.2 Å². The van der Waals surface area contributed by atoms with Crippen LogP contribution in [0.2, 0.25) is 0 Å². The molecule has 2 saturated heterocycles. The van der Waals surface area contributed by atoms with Gasteiger partial charge in [0, 0.05) is 30.6 Å². The van der Waals surface area contributed by atoms with Crippen molar-refractivity contribution in [1.82, 2.24) is 35.1 Å². The van der Waals surface area contributed by atoms with Crippen LogP contribution in [0.3, 0.4) is 0 Å². The molecule has 11 nitrogen and oxygen atoms in total. The van der Waals surface area contributed by atoms with Gasteiger partial charge in [0.05, 0.1) is 19.2 Å². The van der Waals surface area contributed by atoms with Crippen molar-refractivity contribution in [2.45, 2.75) is 77.9 Å². The largest absolute Gasteiger partial charge is 0.453 e. The Balaban J connectivity index is 1.15. The van der Waals surface area contributed by atoms with E-state index >= 15 is 8.78 Å². The number of aromatic nitrogens is 4. The summed E-state index contributed by atoms with van der Waals surface area (Å²) < 4.78 is 35.1. The summed E-state index contributed by atoms with van der Waals surface area (Å²) in [6.45, 7) is 8.80. The minimum atomic E-state index is -0.788. The van der Waals surface area contributed by atoms with Crippen molar-refractivity contribution < 1.29 is 27.9 Å². The molecule has 2 aromatic heterocycles. The number of nitrogens with zero attached hydrogens (tertiary/aromatic N) is 4. The van der Waals surface area contributed by atoms with Gasteiger partial charge in [-0.2, -0.15) is 8.78 Å². The lowest BCUT2D eigenvalue weighted by atomic mass is 10.0. The van der Waals surface area contributed by atoms with E-state index in [1.807, 2.05) is 69.0 Å². The highest BCUT2D eigenvalue weighted by Gasteiger charge is 2.38. The average Bonchev–Trinajstić information content (AvgIpc) is 3.93. The number of methoxy groups -OCH3 is 1. The molecule has 3 N–H and O–H groups in total. The van der Waals surface area contributed by atoms with Crippen LogP contribution in [0.5, 0.6) is 0 Å². The number of alkyl carbamates (subject to hydrolysis) is 1. The molecule has 2 aliphatic heterocycles. The van der Waals surface area contributed by atoms with E-state index in [0.717, 1.165) is 30.4 Å². The first-order valence-electron chi connectivity index (χ1n) is 17.6. The van der Waals surface area contributed by atoms with E-state index in [1.54, 1.807) is 17.0 Å². The zero-order valence-electron chi connectivity index (χ0n) is 29.6. The number of halogens is 2. The highest BCUT2D eigenvalue weighted by molar-refractivity contribution is 5.86. The summed E-state index contributed by atoms with van der Waals surface area (Å²) in [5.41, 5.74) is 3.50. The van der Waals surface area contributed by atoms with Crippen LogP contribution < -0.4 is 5.32 Å². The molecular formula is C38H45F2N7O4. The van der Waals surface area contributed by atoms with Gasteiger partial charge in [0.1, 0.15) is 29.1 Å². The maximum atomic E-state index is 15.3. The Morgan fingerprint density at radius 3 is 1.69 bits per heavy atom. The van der Waals surface area contributed by atoms with E-state index in [4.69, 9.17) is 4.74 Å². The molecule has 0 spiro atoms. The van der Waals surface area contributed by atoms with Gasteiger partial charge >= 0.3 is 6.09 Å². The number of nitrogens with one attached hydrogen (secondary N) is 3. The lowest BCUT2D eigenvalue weighted by Gasteiger charge is -2.29. The molecule has 0 bridgehead atoms. The Kier molecular flexibility index (Phi) is 10.5. The van der Waals surface area contributed by atoms with Crippen LogP contribution in [0, 0.1) is 23.7 Å². The van der Waals surface area contributed by atoms with Crippen molar-refractivity contribution >= 4 is 17.9 Å². The third kappa shape index (κ3) is 7.52. The maximum Gasteiger partial charge on any atom is 0.407 e. The highest BCUT2D eigenvalue weighted by atomic mass is 19.1. The molecule has 2 fully saturated rings. The van der Waals surface area contributed by atoms with E-state index < -0.39 is 30.1 Å². The van der Waals surface area contributed by atoms with Crippen LogP contribution in [0.15, 0.2) is 48.5 Å². The quantitative estimate of drug-likeness (QED) is 0.161. The molecule has 270 valence electrons. The van der Waals surface area contributed by atoms with Gasteiger partial charge < -0.3 is 29.8 Å². The Labute approximate surface area is 296 Å². The monoisotopic (exact) mass is 701 g/mol. The molecule has 13 heteroatoms. The number of benzene rings is 2. The number of amides is 3. The third-order valence-corrected chi connectivity index (χ3v) is 9.75. The van der Waals surface area contributed by atoms with Gasteiger partial charge in [-0.05, 0) is 48.6 Å². The lowest BCUT2D eigenvalue weighted by molar-refractivity contribution is -0.135. The minimum Gasteiger partial charge on any atom is -0.453 e. The van der Waals surface area contributed by atoms with E-state index in [-0.39, 0.29) is 41.1 Å². The number of likely N-dealkylation sites (tertiary alicyclic amines) is 2. The first-order chi connectivity index (χ1) is 24.4. The van der Waals surface area contributed by atoms with Crippen LogP contribution in [-0.2, 0) is 14.3 Å². The molecule has 2 aliphatic rings. The van der Waals surface area contributed by atoms with Gasteiger partial charge in [0.25, 0.3) is 0 Å². The fourth-order valence-electron chi connectivity index (χ4n) is 7.10. The zero-order chi connectivity index (χ0) is 36.4. The summed E-state index contributed by atoms with van der Waals surface area (Å²) in [5, 5.41) is 2.62. The summed E-state index contributed by atoms with van der Waals surface area (Å²) in [6.07, 6.45) is 2.68. The summed E-state index contributed by atoms with van der Waals surface area (Å²) in [6, 6.07) is 13.2. The van der Waals surface area contributed by atoms with Crippen molar-refractivity contribution in [2.24, 2.45) is 11.8 Å². The van der Waals surface area contributed by atoms with Crippen molar-refractivity contribution in [3.63, 3.8) is 0 Å². The Morgan fingerprint density at radius 2 is 1.24 bits per heavy atom. The third-order valence-electron chi connectivity index (χ3n) is 9.75. The van der Waals surface area contributed by atoms with Crippen LogP contribution in [0.25, 0.3) is 33.6 Å². The summed E-state index contributed by atoms with van der Waals surface area (Å²) in [7, 11) is 1.25. The van der Waals surface area contributed by atoms with Gasteiger partial charge in [-0.15, -0.1) is 0 Å². The summed E-state index contributed by atoms with van der Waals surface area (Å²) in [5.74, 6) is -0.594. The molecule has 3 atom stereocenters. The molecule has 6 rings (SSSR count). The average molecular weight is 702 g/mol. The topological polar surface area (TPSA) is 136 Å². The molecule has 51 heavy (non-hydrogen) atoms. The second-order valence-corrected chi connectivity index (χ2v) is 14.1. The zero-order valence-corrected chi connectivity index (χ0v) is 29.6. The standard InChI is InChI=1S/C38H45F2N7O4/c1-21(2)20-29(48)46-18-6-8-27(46)35-41-31(33(39)44-35)25-14-10-23(11-15-25)24-12-16-26(17-13-24)32-34(40)45-36(42-32)28-9-7-19-47(28)37(49)30(22(3)4)43-38(50)51-5/h10-17,21-22,27-28,30H,6-9,18-20H2,1-5H3,(H,41,44)(H,42,45)(H,43,50)/t27-,28-,30-/m0/s1. The number of ether oxygens (including phenoxy) is 1. The van der Waals surface area contributed by atoms with Crippen LogP contribution in [-0.4, -0.2) is 73.9 Å². The normalized spacial score (nSPS) is 18.1. The Bertz CT molecular complexity index is 1870. The molecular weight excluding hydrogens is 656 g/mol. The predicted octanol–water partition coefficient (Wildman–Crippen LogP) is 7.17. The molecule has 0 saturated carbocycles. The molecule has 4 aromatic rings.